The summed E-state index contributed by atoms with van der Waals surface area (Å²) in [6.45, 7) is 2.60. The van der Waals surface area contributed by atoms with E-state index in [0.717, 1.165) is 0 Å². The van der Waals surface area contributed by atoms with Gasteiger partial charge in [-0.25, -0.2) is 0 Å². The number of hydrogen-bond acceptors (Lipinski definition) is 6. The Kier molecular flexibility index (Phi) is 5.41. The number of hydrogen-bond donors (Lipinski definition) is 3. The van der Waals surface area contributed by atoms with Crippen LogP contribution >= 0.6 is 0 Å². The lowest BCUT2D eigenvalue weighted by Gasteiger charge is -2.25. The molecule has 0 aromatic rings. The number of carbonyl (C=O) groups is 2. The molecule has 0 amide bonds. The first-order valence-electron chi connectivity index (χ1n) is 4.63. The van der Waals surface area contributed by atoms with Gasteiger partial charge in [-0.2, -0.15) is 0 Å². The lowest BCUT2D eigenvalue weighted by atomic mass is 10.0. The van der Waals surface area contributed by atoms with Crippen molar-refractivity contribution < 1.29 is 19.4 Å². The average molecular weight is 218 g/mol. The normalized spacial score (nSPS) is 13.4. The van der Waals surface area contributed by atoms with E-state index in [1.54, 1.807) is 13.8 Å². The van der Waals surface area contributed by atoms with Crippen LogP contribution in [0.1, 0.15) is 20.3 Å². The molecule has 0 heterocycles. The quantitative estimate of drug-likeness (QED) is 0.469. The lowest BCUT2D eigenvalue weighted by molar-refractivity contribution is -0.160. The van der Waals surface area contributed by atoms with Gasteiger partial charge in [0.1, 0.15) is 17.4 Å². The number of esters is 1. The van der Waals surface area contributed by atoms with E-state index in [-0.39, 0.29) is 18.7 Å². The second-order valence-electron chi connectivity index (χ2n) is 3.89. The summed E-state index contributed by atoms with van der Waals surface area (Å²) < 4.78 is 4.96. The van der Waals surface area contributed by atoms with Gasteiger partial charge in [0.25, 0.3) is 0 Å². The maximum Gasteiger partial charge on any atom is 0.325 e. The maximum atomic E-state index is 11.2. The van der Waals surface area contributed by atoms with Gasteiger partial charge in [0.05, 0.1) is 13.2 Å². The van der Waals surface area contributed by atoms with Crippen LogP contribution < -0.4 is 11.5 Å². The summed E-state index contributed by atoms with van der Waals surface area (Å²) in [5.74, 6) is -0.933. The molecule has 0 saturated carbocycles. The number of aliphatic hydroxyl groups excluding tert-OH is 1. The molecule has 0 rings (SSSR count). The molecule has 0 aromatic carbocycles. The predicted molar refractivity (Wildman–Crippen MR) is 53.9 cm³/mol. The van der Waals surface area contributed by atoms with Crippen molar-refractivity contribution in [2.75, 3.05) is 13.2 Å². The van der Waals surface area contributed by atoms with Crippen molar-refractivity contribution in [2.45, 2.75) is 31.9 Å². The van der Waals surface area contributed by atoms with E-state index in [4.69, 9.17) is 21.3 Å². The molecule has 0 saturated heterocycles. The predicted octanol–water partition coefficient (Wildman–Crippen LogP) is -1.45. The number of nitrogens with two attached hydrogens (primary N) is 2. The number of carbonyl (C=O) groups excluding carboxylic acids is 2. The van der Waals surface area contributed by atoms with Crippen LogP contribution in [0.3, 0.4) is 0 Å². The average Bonchev–Trinajstić information content (AvgIpc) is 2.14. The molecule has 0 radical (unpaired) electrons. The summed E-state index contributed by atoms with van der Waals surface area (Å²) >= 11 is 0. The van der Waals surface area contributed by atoms with Crippen molar-refractivity contribution in [3.8, 4) is 0 Å². The lowest BCUT2D eigenvalue weighted by Crippen LogP contribution is -2.42. The number of Topliss-reactive ketones (excluding diaryl/α,β-unsaturated/α-hetero) is 1. The molecule has 0 unspecified atom stereocenters. The molecular weight excluding hydrogens is 200 g/mol. The fourth-order valence-corrected chi connectivity index (χ4v) is 1.01. The molecule has 6 heteroatoms. The first kappa shape index (κ1) is 14.0. The molecule has 1 atom stereocenters. The Bertz CT molecular complexity index is 240. The minimum absolute atomic E-state index is 0.0351. The fraction of sp³-hybridized carbons (Fsp3) is 0.778. The highest BCUT2D eigenvalue weighted by Crippen LogP contribution is 2.15. The largest absolute Gasteiger partial charge is 0.458 e. The van der Waals surface area contributed by atoms with Gasteiger partial charge < -0.3 is 21.3 Å². The Hall–Kier alpha value is -0.980. The standard InChI is InChI=1S/C9H18N2O4/c1-9(2,3-6(13)4-10)15-8(14)7(11)5-12/h7,12H,3-5,10-11H2,1-2H3/t7-/m0/s1. The van der Waals surface area contributed by atoms with Gasteiger partial charge in [-0.05, 0) is 13.8 Å². The van der Waals surface area contributed by atoms with E-state index in [9.17, 15) is 9.59 Å². The van der Waals surface area contributed by atoms with Gasteiger partial charge in [0.15, 0.2) is 0 Å². The Morgan fingerprint density at radius 2 is 2.00 bits per heavy atom. The summed E-state index contributed by atoms with van der Waals surface area (Å²) in [6.07, 6.45) is 0.0351. The van der Waals surface area contributed by atoms with E-state index in [2.05, 4.69) is 0 Å². The monoisotopic (exact) mass is 218 g/mol. The topological polar surface area (TPSA) is 116 Å². The van der Waals surface area contributed by atoms with Crippen LogP contribution in [0.5, 0.6) is 0 Å². The summed E-state index contributed by atoms with van der Waals surface area (Å²) in [6, 6.07) is -1.07. The zero-order chi connectivity index (χ0) is 12.1. The van der Waals surface area contributed by atoms with E-state index < -0.39 is 24.2 Å². The highest BCUT2D eigenvalue weighted by Gasteiger charge is 2.28. The molecule has 6 nitrogen and oxygen atoms in total. The molecule has 0 aromatic heterocycles. The number of ether oxygens (including phenoxy) is 1. The van der Waals surface area contributed by atoms with E-state index in [1.807, 2.05) is 0 Å². The second-order valence-corrected chi connectivity index (χ2v) is 3.89. The summed E-state index contributed by atoms with van der Waals surface area (Å²) in [4.78, 5) is 22.3. The third kappa shape index (κ3) is 5.46. The number of rotatable bonds is 6. The maximum absolute atomic E-state index is 11.2. The molecule has 0 aliphatic rings. The van der Waals surface area contributed by atoms with Crippen LogP contribution in [0, 0.1) is 0 Å². The van der Waals surface area contributed by atoms with Crippen molar-refractivity contribution in [1.82, 2.24) is 0 Å². The van der Waals surface area contributed by atoms with Gasteiger partial charge in [-0.3, -0.25) is 9.59 Å². The van der Waals surface area contributed by atoms with Crippen molar-refractivity contribution in [1.29, 1.82) is 0 Å². The van der Waals surface area contributed by atoms with Crippen LogP contribution in [-0.2, 0) is 14.3 Å². The van der Waals surface area contributed by atoms with E-state index in [0.29, 0.717) is 0 Å². The summed E-state index contributed by atoms with van der Waals surface area (Å²) in [5.41, 5.74) is 9.45. The highest BCUT2D eigenvalue weighted by atomic mass is 16.6. The molecule has 0 bridgehead atoms. The molecule has 0 fully saturated rings. The third-order valence-electron chi connectivity index (χ3n) is 1.73. The van der Waals surface area contributed by atoms with E-state index >= 15 is 0 Å². The zero-order valence-corrected chi connectivity index (χ0v) is 9.03. The van der Waals surface area contributed by atoms with Crippen molar-refractivity contribution in [3.05, 3.63) is 0 Å². The van der Waals surface area contributed by atoms with Crippen LogP contribution in [0.4, 0.5) is 0 Å². The minimum Gasteiger partial charge on any atom is -0.458 e. The Morgan fingerprint density at radius 1 is 1.47 bits per heavy atom. The molecule has 0 aliphatic carbocycles. The summed E-state index contributed by atoms with van der Waals surface area (Å²) in [7, 11) is 0. The van der Waals surface area contributed by atoms with Crippen LogP contribution in [-0.4, -0.2) is 41.7 Å². The van der Waals surface area contributed by atoms with Crippen LogP contribution in [0.15, 0.2) is 0 Å². The van der Waals surface area contributed by atoms with Gasteiger partial charge in [-0.15, -0.1) is 0 Å². The number of ketones is 1. The first-order valence-corrected chi connectivity index (χ1v) is 4.63. The van der Waals surface area contributed by atoms with Gasteiger partial charge in [0, 0.05) is 6.42 Å². The molecule has 15 heavy (non-hydrogen) atoms. The second kappa shape index (κ2) is 5.79. The fourth-order valence-electron chi connectivity index (χ4n) is 1.01. The third-order valence-corrected chi connectivity index (χ3v) is 1.73. The van der Waals surface area contributed by atoms with Crippen molar-refractivity contribution >= 4 is 11.8 Å². The van der Waals surface area contributed by atoms with Crippen molar-refractivity contribution in [3.63, 3.8) is 0 Å². The van der Waals surface area contributed by atoms with Crippen molar-refractivity contribution in [2.24, 2.45) is 11.5 Å². The highest BCUT2D eigenvalue weighted by molar-refractivity contribution is 5.82. The Morgan fingerprint density at radius 3 is 2.40 bits per heavy atom. The Labute approximate surface area is 88.6 Å². The molecular formula is C9H18N2O4. The SMILES string of the molecule is CC(C)(CC(=O)CN)OC(=O)[C@@H](N)CO. The van der Waals surface area contributed by atoms with Gasteiger partial charge >= 0.3 is 5.97 Å². The molecule has 5 N–H and O–H groups in total. The smallest absolute Gasteiger partial charge is 0.325 e. The molecule has 88 valence electrons. The Balaban J connectivity index is 4.24. The van der Waals surface area contributed by atoms with Crippen LogP contribution in [0.2, 0.25) is 0 Å². The van der Waals surface area contributed by atoms with Gasteiger partial charge in [-0.1, -0.05) is 0 Å². The summed E-state index contributed by atoms with van der Waals surface area (Å²) in [5, 5.41) is 8.62. The molecule has 0 aliphatic heterocycles. The van der Waals surface area contributed by atoms with Gasteiger partial charge in [0.2, 0.25) is 0 Å². The number of aliphatic hydroxyl groups is 1. The van der Waals surface area contributed by atoms with E-state index in [1.165, 1.54) is 0 Å². The first-order chi connectivity index (χ1) is 6.82. The zero-order valence-electron chi connectivity index (χ0n) is 9.03. The van der Waals surface area contributed by atoms with Crippen LogP contribution in [0.25, 0.3) is 0 Å². The molecule has 0 spiro atoms. The minimum atomic E-state index is -1.07.